The molecule has 1 aliphatic rings. The van der Waals surface area contributed by atoms with Gasteiger partial charge in [-0.05, 0) is 30.7 Å². The molecular formula is C13H14N4S. The number of hydrogen-bond donors (Lipinski definition) is 1. The third kappa shape index (κ3) is 1.83. The van der Waals surface area contributed by atoms with Gasteiger partial charge >= 0.3 is 0 Å². The second-order valence-corrected chi connectivity index (χ2v) is 5.91. The van der Waals surface area contributed by atoms with E-state index in [2.05, 4.69) is 11.1 Å². The highest BCUT2D eigenvalue weighted by Crippen LogP contribution is 2.30. The Labute approximate surface area is 110 Å². The molecule has 1 atom stereocenters. The first kappa shape index (κ1) is 11.4. The predicted molar refractivity (Wildman–Crippen MR) is 74.3 cm³/mol. The van der Waals surface area contributed by atoms with E-state index in [1.807, 2.05) is 28.5 Å². The summed E-state index contributed by atoms with van der Waals surface area (Å²) in [6, 6.07) is 7.82. The van der Waals surface area contributed by atoms with Crippen molar-refractivity contribution in [2.24, 2.45) is 0 Å². The van der Waals surface area contributed by atoms with Crippen molar-refractivity contribution in [2.75, 3.05) is 11.5 Å². The van der Waals surface area contributed by atoms with Crippen LogP contribution < -0.4 is 5.73 Å². The molecule has 2 N–H and O–H groups in total. The number of nitriles is 1. The summed E-state index contributed by atoms with van der Waals surface area (Å²) >= 11 is 2.00. The molecule has 1 aromatic carbocycles. The van der Waals surface area contributed by atoms with Gasteiger partial charge in [-0.1, -0.05) is 6.07 Å². The largest absolute Gasteiger partial charge is 0.369 e. The van der Waals surface area contributed by atoms with Crippen LogP contribution in [0.3, 0.4) is 0 Å². The molecule has 3 rings (SSSR count). The Morgan fingerprint density at radius 1 is 1.56 bits per heavy atom. The first-order valence-corrected chi connectivity index (χ1v) is 7.11. The molecule has 1 saturated heterocycles. The van der Waals surface area contributed by atoms with Crippen LogP contribution in [0, 0.1) is 11.3 Å². The van der Waals surface area contributed by atoms with Gasteiger partial charge in [0.25, 0.3) is 0 Å². The van der Waals surface area contributed by atoms with Gasteiger partial charge in [-0.3, -0.25) is 0 Å². The molecular weight excluding hydrogens is 244 g/mol. The maximum Gasteiger partial charge on any atom is 0.201 e. The zero-order chi connectivity index (χ0) is 12.5. The first-order chi connectivity index (χ1) is 8.79. The topological polar surface area (TPSA) is 67.6 Å². The Balaban J connectivity index is 2.06. The fraction of sp³-hybridized carbons (Fsp3) is 0.385. The van der Waals surface area contributed by atoms with Gasteiger partial charge in [0.1, 0.15) is 11.6 Å². The number of para-hydroxylation sites is 1. The molecule has 1 aromatic heterocycles. The molecule has 0 saturated carbocycles. The van der Waals surface area contributed by atoms with E-state index in [-0.39, 0.29) is 0 Å². The summed E-state index contributed by atoms with van der Waals surface area (Å²) in [5, 5.41) is 9.70. The second-order valence-electron chi connectivity index (χ2n) is 4.50. The molecule has 0 bridgehead atoms. The summed E-state index contributed by atoms with van der Waals surface area (Å²) < 4.78 is 2.04. The van der Waals surface area contributed by atoms with Gasteiger partial charge in [-0.15, -0.1) is 0 Å². The number of nitrogen functional groups attached to an aromatic ring is 1. The van der Waals surface area contributed by atoms with E-state index in [0.717, 1.165) is 17.6 Å². The fourth-order valence-corrected chi connectivity index (χ4v) is 3.69. The lowest BCUT2D eigenvalue weighted by atomic mass is 10.2. The van der Waals surface area contributed by atoms with E-state index in [9.17, 15) is 0 Å². The SMILES string of the molecule is N#Cc1cccc2c1nc(N)n2CC1CCCS1. The summed E-state index contributed by atoms with van der Waals surface area (Å²) in [7, 11) is 0. The molecule has 18 heavy (non-hydrogen) atoms. The summed E-state index contributed by atoms with van der Waals surface area (Å²) in [5.41, 5.74) is 8.28. The molecule has 2 heterocycles. The molecule has 0 aliphatic carbocycles. The minimum Gasteiger partial charge on any atom is -0.369 e. The van der Waals surface area contributed by atoms with E-state index in [1.165, 1.54) is 18.6 Å². The lowest BCUT2D eigenvalue weighted by Gasteiger charge is -2.11. The summed E-state index contributed by atoms with van der Waals surface area (Å²) in [6.07, 6.45) is 2.52. The zero-order valence-electron chi connectivity index (χ0n) is 9.97. The molecule has 0 amide bonds. The molecule has 1 unspecified atom stereocenters. The van der Waals surface area contributed by atoms with E-state index in [1.54, 1.807) is 6.07 Å². The normalized spacial score (nSPS) is 19.2. The number of hydrogen-bond acceptors (Lipinski definition) is 4. The Bertz CT molecular complexity index is 620. The molecule has 5 heteroatoms. The van der Waals surface area contributed by atoms with Crippen molar-refractivity contribution in [3.05, 3.63) is 23.8 Å². The molecule has 2 aromatic rings. The Morgan fingerprint density at radius 2 is 2.44 bits per heavy atom. The van der Waals surface area contributed by atoms with Crippen molar-refractivity contribution < 1.29 is 0 Å². The van der Waals surface area contributed by atoms with Crippen LogP contribution in [0.4, 0.5) is 5.95 Å². The predicted octanol–water partition coefficient (Wildman–Crippen LogP) is 2.39. The highest BCUT2D eigenvalue weighted by atomic mass is 32.2. The number of anilines is 1. The van der Waals surface area contributed by atoms with Crippen LogP contribution in [-0.4, -0.2) is 20.6 Å². The second kappa shape index (κ2) is 4.54. The van der Waals surface area contributed by atoms with Crippen LogP contribution in [0.1, 0.15) is 18.4 Å². The monoisotopic (exact) mass is 258 g/mol. The summed E-state index contributed by atoms with van der Waals surface area (Å²) in [4.78, 5) is 4.33. The highest BCUT2D eigenvalue weighted by molar-refractivity contribution is 8.00. The number of rotatable bonds is 2. The number of benzene rings is 1. The van der Waals surface area contributed by atoms with Crippen LogP contribution in [0.5, 0.6) is 0 Å². The summed E-state index contributed by atoms with van der Waals surface area (Å²) in [6.45, 7) is 0.891. The molecule has 0 spiro atoms. The van der Waals surface area contributed by atoms with Crippen molar-refractivity contribution in [1.82, 2.24) is 9.55 Å². The van der Waals surface area contributed by atoms with Crippen molar-refractivity contribution in [3.8, 4) is 6.07 Å². The van der Waals surface area contributed by atoms with E-state index in [0.29, 0.717) is 16.8 Å². The van der Waals surface area contributed by atoms with Gasteiger partial charge < -0.3 is 10.3 Å². The van der Waals surface area contributed by atoms with Crippen LogP contribution in [0.2, 0.25) is 0 Å². The van der Waals surface area contributed by atoms with Crippen molar-refractivity contribution in [3.63, 3.8) is 0 Å². The summed E-state index contributed by atoms with van der Waals surface area (Å²) in [5.74, 6) is 1.75. The quantitative estimate of drug-likeness (QED) is 0.898. The number of thioether (sulfide) groups is 1. The molecule has 1 aliphatic heterocycles. The number of imidazole rings is 1. The van der Waals surface area contributed by atoms with Gasteiger partial charge in [-0.25, -0.2) is 4.98 Å². The van der Waals surface area contributed by atoms with Crippen LogP contribution in [0.15, 0.2) is 18.2 Å². The van der Waals surface area contributed by atoms with E-state index >= 15 is 0 Å². The number of nitrogens with zero attached hydrogens (tertiary/aromatic N) is 3. The first-order valence-electron chi connectivity index (χ1n) is 6.06. The third-order valence-corrected chi connectivity index (χ3v) is 4.72. The number of nitrogens with two attached hydrogens (primary N) is 1. The van der Waals surface area contributed by atoms with E-state index in [4.69, 9.17) is 11.0 Å². The molecule has 92 valence electrons. The number of aromatic nitrogens is 2. The number of fused-ring (bicyclic) bond motifs is 1. The molecule has 4 nitrogen and oxygen atoms in total. The van der Waals surface area contributed by atoms with Gasteiger partial charge in [0, 0.05) is 11.8 Å². The maximum atomic E-state index is 9.08. The van der Waals surface area contributed by atoms with Gasteiger partial charge in [0.2, 0.25) is 5.95 Å². The fourth-order valence-electron chi connectivity index (χ4n) is 2.44. The highest BCUT2D eigenvalue weighted by Gasteiger charge is 2.19. The van der Waals surface area contributed by atoms with Gasteiger partial charge in [-0.2, -0.15) is 17.0 Å². The average Bonchev–Trinajstić information content (AvgIpc) is 2.99. The van der Waals surface area contributed by atoms with Gasteiger partial charge in [0.15, 0.2) is 0 Å². The molecule has 1 fully saturated rings. The Kier molecular flexibility index (Phi) is 2.88. The lowest BCUT2D eigenvalue weighted by molar-refractivity contribution is 0.658. The lowest BCUT2D eigenvalue weighted by Crippen LogP contribution is -2.12. The minimum absolute atomic E-state index is 0.514. The van der Waals surface area contributed by atoms with Crippen molar-refractivity contribution in [1.29, 1.82) is 5.26 Å². The average molecular weight is 258 g/mol. The van der Waals surface area contributed by atoms with E-state index < -0.39 is 0 Å². The third-order valence-electron chi connectivity index (χ3n) is 3.34. The zero-order valence-corrected chi connectivity index (χ0v) is 10.8. The van der Waals surface area contributed by atoms with Crippen LogP contribution >= 0.6 is 11.8 Å². The van der Waals surface area contributed by atoms with Crippen LogP contribution in [0.25, 0.3) is 11.0 Å². The van der Waals surface area contributed by atoms with Gasteiger partial charge in [0.05, 0.1) is 11.1 Å². The van der Waals surface area contributed by atoms with Crippen molar-refractivity contribution >= 4 is 28.7 Å². The van der Waals surface area contributed by atoms with Crippen molar-refractivity contribution in [2.45, 2.75) is 24.6 Å². The smallest absolute Gasteiger partial charge is 0.201 e. The maximum absolute atomic E-state index is 9.08. The molecule has 0 radical (unpaired) electrons. The Hall–Kier alpha value is -1.67. The Morgan fingerprint density at radius 3 is 3.17 bits per heavy atom. The minimum atomic E-state index is 0.514. The standard InChI is InChI=1S/C13H14N4S/c14-7-9-3-1-5-11-12(9)16-13(15)17(11)8-10-4-2-6-18-10/h1,3,5,10H,2,4,6,8H2,(H2,15,16). The van der Waals surface area contributed by atoms with Crippen LogP contribution in [-0.2, 0) is 6.54 Å².